The lowest BCUT2D eigenvalue weighted by molar-refractivity contribution is -0.176. The van der Waals surface area contributed by atoms with E-state index in [-0.39, 0.29) is 35.0 Å². The zero-order valence-corrected chi connectivity index (χ0v) is 22.6. The van der Waals surface area contributed by atoms with Crippen LogP contribution in [0.15, 0.2) is 10.4 Å². The lowest BCUT2D eigenvalue weighted by Gasteiger charge is -2.59. The number of ether oxygens (including phenoxy) is 1. The Morgan fingerprint density at radius 3 is 2.57 bits per heavy atom. The van der Waals surface area contributed by atoms with Crippen molar-refractivity contribution in [3.05, 3.63) is 16.1 Å². The van der Waals surface area contributed by atoms with Gasteiger partial charge in [-0.1, -0.05) is 13.8 Å². The highest BCUT2D eigenvalue weighted by atomic mass is 127. The van der Waals surface area contributed by atoms with Crippen LogP contribution in [0, 0.1) is 18.3 Å². The van der Waals surface area contributed by atoms with Crippen molar-refractivity contribution >= 4 is 41.3 Å². The highest BCUT2D eigenvalue weighted by molar-refractivity contribution is 14.0. The number of likely N-dealkylation sites (tertiary alicyclic amines) is 1. The van der Waals surface area contributed by atoms with Crippen LogP contribution in [0.5, 0.6) is 0 Å². The Morgan fingerprint density at radius 1 is 1.33 bits per heavy atom. The number of methoxy groups -OCH3 is 1. The number of nitrogens with zero attached hydrogens (tertiary/aromatic N) is 3. The van der Waals surface area contributed by atoms with Crippen LogP contribution in [0.1, 0.15) is 57.7 Å². The Labute approximate surface area is 203 Å². The molecule has 30 heavy (non-hydrogen) atoms. The maximum atomic E-state index is 5.76. The number of piperidine rings is 1. The molecule has 1 aliphatic carbocycles. The zero-order chi connectivity index (χ0) is 21.1. The van der Waals surface area contributed by atoms with Crippen LogP contribution in [-0.4, -0.2) is 60.8 Å². The van der Waals surface area contributed by atoms with E-state index in [4.69, 9.17) is 9.73 Å². The summed E-state index contributed by atoms with van der Waals surface area (Å²) in [6.07, 6.45) is 3.43. The summed E-state index contributed by atoms with van der Waals surface area (Å²) in [6.45, 7) is 16.0. The second-order valence-corrected chi connectivity index (χ2v) is 10.4. The summed E-state index contributed by atoms with van der Waals surface area (Å²) in [5.74, 6) is 1.61. The first-order chi connectivity index (χ1) is 13.8. The normalized spacial score (nSPS) is 27.3. The summed E-state index contributed by atoms with van der Waals surface area (Å²) in [6, 6.07) is 0.383. The molecule has 2 aliphatic rings. The van der Waals surface area contributed by atoms with Gasteiger partial charge in [0, 0.05) is 43.6 Å². The van der Waals surface area contributed by atoms with Gasteiger partial charge in [0.05, 0.1) is 16.3 Å². The molecule has 1 aromatic heterocycles. The minimum Gasteiger partial charge on any atom is -0.378 e. The molecule has 0 radical (unpaired) electrons. The van der Waals surface area contributed by atoms with Gasteiger partial charge in [0.15, 0.2) is 5.96 Å². The molecule has 6 nitrogen and oxygen atoms in total. The fourth-order valence-corrected chi connectivity index (χ4v) is 5.07. The molecule has 1 aliphatic heterocycles. The molecule has 8 heteroatoms. The van der Waals surface area contributed by atoms with Crippen molar-refractivity contribution in [2.75, 3.05) is 33.3 Å². The van der Waals surface area contributed by atoms with Crippen molar-refractivity contribution in [1.82, 2.24) is 20.5 Å². The number of aliphatic imine (C=N–C) groups is 1. The third kappa shape index (κ3) is 5.86. The summed E-state index contributed by atoms with van der Waals surface area (Å²) in [4.78, 5) is 12.1. The van der Waals surface area contributed by atoms with Gasteiger partial charge < -0.3 is 15.4 Å². The van der Waals surface area contributed by atoms with Gasteiger partial charge in [-0.2, -0.15) is 0 Å². The second-order valence-electron chi connectivity index (χ2n) is 9.35. The first kappa shape index (κ1) is 25.8. The van der Waals surface area contributed by atoms with E-state index in [9.17, 15) is 0 Å². The van der Waals surface area contributed by atoms with Crippen molar-refractivity contribution in [1.29, 1.82) is 0 Å². The molecule has 1 aromatic rings. The first-order valence-corrected chi connectivity index (χ1v) is 11.9. The number of hydrogen-bond donors (Lipinski definition) is 2. The highest BCUT2D eigenvalue weighted by Gasteiger charge is 2.58. The van der Waals surface area contributed by atoms with E-state index in [1.54, 1.807) is 11.3 Å². The number of nitrogens with one attached hydrogen (secondary N) is 2. The van der Waals surface area contributed by atoms with Gasteiger partial charge in [-0.25, -0.2) is 4.98 Å². The van der Waals surface area contributed by atoms with Gasteiger partial charge in [-0.3, -0.25) is 9.89 Å². The summed E-state index contributed by atoms with van der Waals surface area (Å²) < 4.78 is 5.76. The largest absolute Gasteiger partial charge is 0.378 e. The Balaban J connectivity index is 0.00000320. The molecule has 3 rings (SSSR count). The summed E-state index contributed by atoms with van der Waals surface area (Å²) in [7, 11) is 1.82. The number of aromatic nitrogens is 1. The molecule has 1 saturated heterocycles. The lowest BCUT2D eigenvalue weighted by Crippen LogP contribution is -2.69. The Morgan fingerprint density at radius 2 is 2.03 bits per heavy atom. The van der Waals surface area contributed by atoms with Crippen LogP contribution in [0.2, 0.25) is 0 Å². The molecular formula is C22H40IN5OS. The van der Waals surface area contributed by atoms with Crippen LogP contribution < -0.4 is 10.6 Å². The van der Waals surface area contributed by atoms with Crippen LogP contribution in [0.25, 0.3) is 0 Å². The molecule has 172 valence electrons. The molecule has 2 heterocycles. The van der Waals surface area contributed by atoms with E-state index >= 15 is 0 Å². The maximum absolute atomic E-state index is 5.76. The number of hydrogen-bond acceptors (Lipinski definition) is 5. The summed E-state index contributed by atoms with van der Waals surface area (Å²) in [5.41, 5.74) is 1.23. The lowest BCUT2D eigenvalue weighted by atomic mass is 9.56. The van der Waals surface area contributed by atoms with Crippen molar-refractivity contribution in [2.24, 2.45) is 16.3 Å². The average molecular weight is 550 g/mol. The molecule has 2 N–H and O–H groups in total. The third-order valence-electron chi connectivity index (χ3n) is 7.20. The number of thiazole rings is 1. The molecule has 2 fully saturated rings. The third-order valence-corrected chi connectivity index (χ3v) is 8.02. The second kappa shape index (κ2) is 10.9. The molecule has 0 aromatic carbocycles. The smallest absolute Gasteiger partial charge is 0.191 e. The minimum atomic E-state index is -0.0648. The molecule has 1 saturated carbocycles. The van der Waals surface area contributed by atoms with Crippen molar-refractivity contribution in [2.45, 2.75) is 72.1 Å². The Kier molecular flexibility index (Phi) is 9.39. The Hall–Kier alpha value is -0.450. The molecule has 0 spiro atoms. The zero-order valence-electron chi connectivity index (χ0n) is 19.5. The fourth-order valence-electron chi connectivity index (χ4n) is 4.47. The monoisotopic (exact) mass is 549 g/mol. The average Bonchev–Trinajstić information content (AvgIpc) is 3.11. The minimum absolute atomic E-state index is 0. The first-order valence-electron chi connectivity index (χ1n) is 11.0. The highest BCUT2D eigenvalue weighted by Crippen LogP contribution is 2.51. The van der Waals surface area contributed by atoms with Crippen LogP contribution in [0.3, 0.4) is 0 Å². The van der Waals surface area contributed by atoms with E-state index < -0.39 is 0 Å². The number of rotatable bonds is 7. The van der Waals surface area contributed by atoms with Crippen molar-refractivity contribution in [3.63, 3.8) is 0 Å². The van der Waals surface area contributed by atoms with Gasteiger partial charge >= 0.3 is 0 Å². The van der Waals surface area contributed by atoms with Crippen molar-refractivity contribution < 1.29 is 4.74 Å². The van der Waals surface area contributed by atoms with Crippen LogP contribution in [-0.2, 0) is 11.3 Å². The predicted octanol–water partition coefficient (Wildman–Crippen LogP) is 4.04. The van der Waals surface area contributed by atoms with Crippen molar-refractivity contribution in [3.8, 4) is 0 Å². The number of aryl methyl sites for hydroxylation is 1. The maximum Gasteiger partial charge on any atom is 0.191 e. The molecule has 0 amide bonds. The van der Waals surface area contributed by atoms with Gasteiger partial charge in [-0.05, 0) is 59.0 Å². The SMILES string of the molecule is CCNC(=NCC1CCN(Cc2csc(C)n2)CC1)NC1CC(C)(OC)C1(C)C.I. The predicted molar refractivity (Wildman–Crippen MR) is 137 cm³/mol. The topological polar surface area (TPSA) is 61.8 Å². The van der Waals surface area contributed by atoms with E-state index in [1.165, 1.54) is 18.5 Å². The van der Waals surface area contributed by atoms with Crippen LogP contribution in [0.4, 0.5) is 0 Å². The quantitative estimate of drug-likeness (QED) is 0.306. The molecule has 0 bridgehead atoms. The molecule has 2 atom stereocenters. The van der Waals surface area contributed by atoms with E-state index in [2.05, 4.69) is 60.5 Å². The van der Waals surface area contributed by atoms with E-state index in [0.29, 0.717) is 12.0 Å². The molecular weight excluding hydrogens is 509 g/mol. The van der Waals surface area contributed by atoms with Gasteiger partial charge in [0.25, 0.3) is 0 Å². The molecule has 2 unspecified atom stereocenters. The summed E-state index contributed by atoms with van der Waals surface area (Å²) >= 11 is 1.74. The summed E-state index contributed by atoms with van der Waals surface area (Å²) in [5, 5.41) is 10.4. The fraction of sp³-hybridized carbons (Fsp3) is 0.818. The number of guanidine groups is 1. The van der Waals surface area contributed by atoms with E-state index in [0.717, 1.165) is 50.1 Å². The Bertz CT molecular complexity index is 701. The van der Waals surface area contributed by atoms with Gasteiger partial charge in [-0.15, -0.1) is 35.3 Å². The van der Waals surface area contributed by atoms with Crippen LogP contribution >= 0.6 is 35.3 Å². The van der Waals surface area contributed by atoms with Gasteiger partial charge in [0.2, 0.25) is 0 Å². The number of halogens is 1. The van der Waals surface area contributed by atoms with Gasteiger partial charge in [0.1, 0.15) is 0 Å². The standard InChI is InChI=1S/C22H39N5OS.HI/c1-7-23-20(26-19-12-22(5,28-6)21(19,3)4)24-13-17-8-10-27(11-9-17)14-18-15-29-16(2)25-18;/h15,17,19H,7-14H2,1-6H3,(H2,23,24,26);1H. The van der Waals surface area contributed by atoms with E-state index in [1.807, 2.05) is 7.11 Å².